The van der Waals surface area contributed by atoms with Gasteiger partial charge in [-0.25, -0.2) is 4.98 Å². The highest BCUT2D eigenvalue weighted by Gasteiger charge is 2.22. The standard InChI is InChI=1S/C27H27BrN4O2/c1-17-14-20(18(2)31(17)22-9-11-23(33)12-10-22)16-29-32-26(19-6-4-3-5-7-19)30-25-13-8-21(28)15-24(25)27(32)34/h8-16,19,33H,3-7H2,1-2H3. The first-order valence-corrected chi connectivity index (χ1v) is 12.5. The van der Waals surface area contributed by atoms with Gasteiger partial charge in [-0.2, -0.15) is 9.78 Å². The second-order valence-corrected chi connectivity index (χ2v) is 9.92. The Morgan fingerprint density at radius 3 is 2.53 bits per heavy atom. The van der Waals surface area contributed by atoms with Crippen molar-refractivity contribution in [3.8, 4) is 11.4 Å². The van der Waals surface area contributed by atoms with Crippen molar-refractivity contribution in [2.45, 2.75) is 51.9 Å². The van der Waals surface area contributed by atoms with Crippen LogP contribution in [-0.4, -0.2) is 25.5 Å². The molecule has 5 rings (SSSR count). The van der Waals surface area contributed by atoms with Crippen LogP contribution < -0.4 is 5.56 Å². The Labute approximate surface area is 206 Å². The molecule has 0 bridgehead atoms. The van der Waals surface area contributed by atoms with E-state index in [9.17, 15) is 9.90 Å². The van der Waals surface area contributed by atoms with Gasteiger partial charge in [0.1, 0.15) is 11.6 Å². The third kappa shape index (κ3) is 4.20. The normalized spacial score (nSPS) is 14.9. The Hall–Kier alpha value is -3.19. The highest BCUT2D eigenvalue weighted by Crippen LogP contribution is 2.32. The van der Waals surface area contributed by atoms with Crippen LogP contribution in [0, 0.1) is 13.8 Å². The van der Waals surface area contributed by atoms with Crippen molar-refractivity contribution in [3.63, 3.8) is 0 Å². The molecule has 4 aromatic rings. The molecule has 1 aliphatic rings. The molecule has 2 aromatic carbocycles. The predicted molar refractivity (Wildman–Crippen MR) is 139 cm³/mol. The minimum atomic E-state index is -0.143. The maximum absolute atomic E-state index is 13.5. The van der Waals surface area contributed by atoms with Crippen LogP contribution in [0.5, 0.6) is 5.75 Å². The molecule has 6 nitrogen and oxygen atoms in total. The zero-order chi connectivity index (χ0) is 23.8. The van der Waals surface area contributed by atoms with E-state index in [1.807, 2.05) is 44.2 Å². The van der Waals surface area contributed by atoms with Crippen molar-refractivity contribution in [3.05, 3.63) is 86.1 Å². The molecule has 2 heterocycles. The zero-order valence-electron chi connectivity index (χ0n) is 19.3. The number of hydrogen-bond acceptors (Lipinski definition) is 4. The van der Waals surface area contributed by atoms with E-state index in [4.69, 9.17) is 10.1 Å². The predicted octanol–water partition coefficient (Wildman–Crippen LogP) is 6.20. The maximum Gasteiger partial charge on any atom is 0.282 e. The van der Waals surface area contributed by atoms with Crippen LogP contribution in [0.2, 0.25) is 0 Å². The molecule has 1 aliphatic carbocycles. The van der Waals surface area contributed by atoms with Crippen molar-refractivity contribution in [1.29, 1.82) is 0 Å². The van der Waals surface area contributed by atoms with E-state index in [0.29, 0.717) is 10.9 Å². The lowest BCUT2D eigenvalue weighted by Crippen LogP contribution is -2.25. The van der Waals surface area contributed by atoms with Crippen LogP contribution in [0.15, 0.2) is 62.9 Å². The molecule has 0 atom stereocenters. The molecular weight excluding hydrogens is 492 g/mol. The number of aromatic hydroxyl groups is 1. The number of aryl methyl sites for hydroxylation is 1. The van der Waals surface area contributed by atoms with E-state index in [1.165, 1.54) is 11.1 Å². The Morgan fingerprint density at radius 2 is 1.79 bits per heavy atom. The second kappa shape index (κ2) is 9.22. The number of nitrogens with zero attached hydrogens (tertiary/aromatic N) is 4. The summed E-state index contributed by atoms with van der Waals surface area (Å²) in [5, 5.41) is 14.9. The minimum Gasteiger partial charge on any atom is -0.508 e. The van der Waals surface area contributed by atoms with Gasteiger partial charge in [0.15, 0.2) is 0 Å². The van der Waals surface area contributed by atoms with E-state index in [0.717, 1.165) is 58.6 Å². The Morgan fingerprint density at radius 1 is 1.06 bits per heavy atom. The highest BCUT2D eigenvalue weighted by atomic mass is 79.9. The number of phenols is 1. The molecule has 174 valence electrons. The zero-order valence-corrected chi connectivity index (χ0v) is 20.9. The minimum absolute atomic E-state index is 0.143. The van der Waals surface area contributed by atoms with Gasteiger partial charge in [-0.1, -0.05) is 35.2 Å². The Bertz CT molecular complexity index is 1440. The van der Waals surface area contributed by atoms with Crippen molar-refractivity contribution in [1.82, 2.24) is 14.2 Å². The molecule has 0 saturated heterocycles. The first kappa shape index (κ1) is 22.6. The molecule has 1 N–H and O–H groups in total. The van der Waals surface area contributed by atoms with Gasteiger partial charge in [-0.15, -0.1) is 0 Å². The summed E-state index contributed by atoms with van der Waals surface area (Å²) in [4.78, 5) is 18.4. The van der Waals surface area contributed by atoms with Crippen molar-refractivity contribution in [2.24, 2.45) is 5.10 Å². The van der Waals surface area contributed by atoms with Crippen molar-refractivity contribution < 1.29 is 5.11 Å². The van der Waals surface area contributed by atoms with Crippen molar-refractivity contribution in [2.75, 3.05) is 0 Å². The van der Waals surface area contributed by atoms with E-state index in [2.05, 4.69) is 26.6 Å². The van der Waals surface area contributed by atoms with Crippen LogP contribution in [-0.2, 0) is 0 Å². The summed E-state index contributed by atoms with van der Waals surface area (Å²) in [6.07, 6.45) is 7.35. The number of hydrogen-bond donors (Lipinski definition) is 1. The molecule has 0 aliphatic heterocycles. The molecule has 0 radical (unpaired) electrons. The molecule has 1 saturated carbocycles. The van der Waals surface area contributed by atoms with Gasteiger partial charge in [0.2, 0.25) is 0 Å². The molecular formula is C27H27BrN4O2. The topological polar surface area (TPSA) is 72.4 Å². The molecule has 7 heteroatoms. The van der Waals surface area contributed by atoms with Crippen LogP contribution in [0.3, 0.4) is 0 Å². The number of halogens is 1. The number of rotatable bonds is 4. The summed E-state index contributed by atoms with van der Waals surface area (Å²) in [6, 6.07) is 14.8. The van der Waals surface area contributed by atoms with Crippen molar-refractivity contribution >= 4 is 33.0 Å². The van der Waals surface area contributed by atoms with Gasteiger partial charge in [0.25, 0.3) is 5.56 Å². The smallest absolute Gasteiger partial charge is 0.282 e. The Balaban J connectivity index is 1.61. The third-order valence-electron chi connectivity index (χ3n) is 6.69. The van der Waals surface area contributed by atoms with Gasteiger partial charge in [-0.05, 0) is 75.2 Å². The fourth-order valence-electron chi connectivity index (χ4n) is 4.94. The fraction of sp³-hybridized carbons (Fsp3) is 0.296. The van der Waals surface area contributed by atoms with E-state index < -0.39 is 0 Å². The number of fused-ring (bicyclic) bond motifs is 1. The SMILES string of the molecule is Cc1cc(C=Nn2c(C3CCCCC3)nc3ccc(Br)cc3c2=O)c(C)n1-c1ccc(O)cc1. The van der Waals surface area contributed by atoms with Crippen LogP contribution in [0.4, 0.5) is 0 Å². The highest BCUT2D eigenvalue weighted by molar-refractivity contribution is 9.10. The molecule has 34 heavy (non-hydrogen) atoms. The number of phenolic OH excluding ortho intramolecular Hbond substituents is 1. The lowest BCUT2D eigenvalue weighted by Gasteiger charge is -2.22. The fourth-order valence-corrected chi connectivity index (χ4v) is 5.30. The molecule has 0 spiro atoms. The molecule has 1 fully saturated rings. The van der Waals surface area contributed by atoms with E-state index >= 15 is 0 Å². The lowest BCUT2D eigenvalue weighted by molar-refractivity contribution is 0.416. The summed E-state index contributed by atoms with van der Waals surface area (Å²) < 4.78 is 4.47. The monoisotopic (exact) mass is 518 g/mol. The summed E-state index contributed by atoms with van der Waals surface area (Å²) in [5.74, 6) is 1.22. The summed E-state index contributed by atoms with van der Waals surface area (Å²) in [6.45, 7) is 4.06. The second-order valence-electron chi connectivity index (χ2n) is 9.01. The van der Waals surface area contributed by atoms with Gasteiger partial charge >= 0.3 is 0 Å². The average Bonchev–Trinajstić information content (AvgIpc) is 3.12. The van der Waals surface area contributed by atoms with Gasteiger partial charge < -0.3 is 9.67 Å². The summed E-state index contributed by atoms with van der Waals surface area (Å²) >= 11 is 3.48. The average molecular weight is 519 g/mol. The quantitative estimate of drug-likeness (QED) is 0.326. The van der Waals surface area contributed by atoms with Gasteiger partial charge in [0.05, 0.1) is 17.1 Å². The summed E-state index contributed by atoms with van der Waals surface area (Å²) in [5.41, 5.74) is 4.52. The van der Waals surface area contributed by atoms with Gasteiger partial charge in [0, 0.05) is 33.0 Å². The number of aromatic nitrogens is 3. The van der Waals surface area contributed by atoms with Crippen LogP contribution in [0.1, 0.15) is 60.8 Å². The van der Waals surface area contributed by atoms with Gasteiger partial charge in [-0.3, -0.25) is 4.79 Å². The Kier molecular flexibility index (Phi) is 6.13. The van der Waals surface area contributed by atoms with E-state index in [1.54, 1.807) is 18.3 Å². The van der Waals surface area contributed by atoms with Crippen LogP contribution in [0.25, 0.3) is 16.6 Å². The molecule has 0 amide bonds. The van der Waals surface area contributed by atoms with E-state index in [-0.39, 0.29) is 17.2 Å². The first-order valence-electron chi connectivity index (χ1n) is 11.7. The lowest BCUT2D eigenvalue weighted by atomic mass is 9.88. The third-order valence-corrected chi connectivity index (χ3v) is 7.19. The van der Waals surface area contributed by atoms with Crippen LogP contribution >= 0.6 is 15.9 Å². The molecule has 0 unspecified atom stereocenters. The summed E-state index contributed by atoms with van der Waals surface area (Å²) in [7, 11) is 0. The largest absolute Gasteiger partial charge is 0.508 e. The maximum atomic E-state index is 13.5. The number of benzene rings is 2. The first-order chi connectivity index (χ1) is 16.4. The molecule has 2 aromatic heterocycles.